The van der Waals surface area contributed by atoms with E-state index < -0.39 is 0 Å². The van der Waals surface area contributed by atoms with E-state index in [-0.39, 0.29) is 12.0 Å². The summed E-state index contributed by atoms with van der Waals surface area (Å²) in [4.78, 5) is 14.6. The zero-order valence-corrected chi connectivity index (χ0v) is 13.4. The molecule has 1 aromatic carbocycles. The number of hydrogen-bond donors (Lipinski definition) is 1. The quantitative estimate of drug-likeness (QED) is 0.854. The Bertz CT molecular complexity index is 445. The number of nitrogens with zero attached hydrogens (tertiary/aromatic N) is 1. The third-order valence-corrected chi connectivity index (χ3v) is 3.91. The second-order valence-corrected chi connectivity index (χ2v) is 5.76. The molecule has 4 nitrogen and oxygen atoms in total. The summed E-state index contributed by atoms with van der Waals surface area (Å²) in [5.41, 5.74) is 0.986. The molecule has 0 bridgehead atoms. The van der Waals surface area contributed by atoms with Gasteiger partial charge in [0.25, 0.3) is 0 Å². The van der Waals surface area contributed by atoms with Gasteiger partial charge < -0.3 is 10.1 Å². The highest BCUT2D eigenvalue weighted by Crippen LogP contribution is 2.25. The zero-order chi connectivity index (χ0) is 14.4. The third kappa shape index (κ3) is 4.04. The average Bonchev–Trinajstić information content (AvgIpc) is 2.68. The number of esters is 1. The molecule has 5 heteroatoms. The number of carbonyl (C=O) groups excluding carboxylic acids is 1. The Morgan fingerprint density at radius 2 is 2.30 bits per heavy atom. The molecule has 110 valence electrons. The average molecular weight is 341 g/mol. The summed E-state index contributed by atoms with van der Waals surface area (Å²) < 4.78 is 6.26. The number of hydrogen-bond acceptors (Lipinski definition) is 4. The van der Waals surface area contributed by atoms with Crippen LogP contribution in [0.5, 0.6) is 0 Å². The molecular weight excluding hydrogens is 320 g/mol. The van der Waals surface area contributed by atoms with Gasteiger partial charge in [-0.25, -0.2) is 4.79 Å². The molecule has 1 saturated heterocycles. The summed E-state index contributed by atoms with van der Waals surface area (Å²) >= 11 is 3.48. The van der Waals surface area contributed by atoms with Crippen LogP contribution in [0, 0.1) is 0 Å². The molecule has 1 atom stereocenters. The van der Waals surface area contributed by atoms with Gasteiger partial charge in [0, 0.05) is 24.1 Å². The molecule has 0 saturated carbocycles. The van der Waals surface area contributed by atoms with E-state index in [1.807, 2.05) is 31.2 Å². The minimum atomic E-state index is -0.313. The van der Waals surface area contributed by atoms with E-state index >= 15 is 0 Å². The maximum Gasteiger partial charge on any atom is 0.328 e. The van der Waals surface area contributed by atoms with Gasteiger partial charge in [-0.2, -0.15) is 0 Å². The van der Waals surface area contributed by atoms with Crippen molar-refractivity contribution >= 4 is 21.9 Å². The highest BCUT2D eigenvalue weighted by atomic mass is 79.9. The Labute approximate surface area is 128 Å². The Kier molecular flexibility index (Phi) is 6.01. The molecule has 1 unspecified atom stereocenters. The van der Waals surface area contributed by atoms with Gasteiger partial charge in [0.2, 0.25) is 0 Å². The van der Waals surface area contributed by atoms with Crippen molar-refractivity contribution in [1.29, 1.82) is 0 Å². The Morgan fingerprint density at radius 3 is 3.05 bits per heavy atom. The van der Waals surface area contributed by atoms with Crippen LogP contribution in [0.1, 0.15) is 24.9 Å². The largest absolute Gasteiger partial charge is 0.465 e. The maximum atomic E-state index is 12.4. The lowest BCUT2D eigenvalue weighted by Crippen LogP contribution is -2.37. The Balaban J connectivity index is 2.25. The maximum absolute atomic E-state index is 12.4. The van der Waals surface area contributed by atoms with Gasteiger partial charge in [0.1, 0.15) is 6.04 Å². The molecule has 0 radical (unpaired) electrons. The topological polar surface area (TPSA) is 41.6 Å². The first-order chi connectivity index (χ1) is 9.72. The highest BCUT2D eigenvalue weighted by Gasteiger charge is 2.29. The Morgan fingerprint density at radius 1 is 1.45 bits per heavy atom. The predicted molar refractivity (Wildman–Crippen MR) is 82.6 cm³/mol. The van der Waals surface area contributed by atoms with Crippen molar-refractivity contribution in [3.63, 3.8) is 0 Å². The van der Waals surface area contributed by atoms with Crippen molar-refractivity contribution in [2.24, 2.45) is 0 Å². The van der Waals surface area contributed by atoms with Gasteiger partial charge in [-0.15, -0.1) is 0 Å². The van der Waals surface area contributed by atoms with E-state index in [4.69, 9.17) is 4.74 Å². The monoisotopic (exact) mass is 340 g/mol. The fourth-order valence-corrected chi connectivity index (χ4v) is 2.94. The molecule has 1 N–H and O–H groups in total. The molecule has 1 aliphatic heterocycles. The van der Waals surface area contributed by atoms with E-state index in [0.717, 1.165) is 42.6 Å². The number of ether oxygens (including phenoxy) is 1. The van der Waals surface area contributed by atoms with Crippen LogP contribution in [-0.4, -0.2) is 43.7 Å². The fourth-order valence-electron chi connectivity index (χ4n) is 2.52. The molecule has 0 aliphatic carbocycles. The van der Waals surface area contributed by atoms with Crippen molar-refractivity contribution in [1.82, 2.24) is 10.2 Å². The molecular formula is C15H21BrN2O2. The summed E-state index contributed by atoms with van der Waals surface area (Å²) in [5, 5.41) is 3.36. The van der Waals surface area contributed by atoms with Gasteiger partial charge in [-0.3, -0.25) is 4.90 Å². The van der Waals surface area contributed by atoms with Gasteiger partial charge in [0.15, 0.2) is 0 Å². The predicted octanol–water partition coefficient (Wildman–Crippen LogP) is 2.35. The van der Waals surface area contributed by atoms with Gasteiger partial charge >= 0.3 is 5.97 Å². The van der Waals surface area contributed by atoms with Gasteiger partial charge in [-0.1, -0.05) is 28.1 Å². The number of benzene rings is 1. The third-order valence-electron chi connectivity index (χ3n) is 3.41. The lowest BCUT2D eigenvalue weighted by atomic mass is 10.1. The summed E-state index contributed by atoms with van der Waals surface area (Å²) in [6, 6.07) is 7.61. The number of nitrogens with one attached hydrogen (secondary N) is 1. The van der Waals surface area contributed by atoms with Gasteiger partial charge in [-0.05, 0) is 37.6 Å². The number of halogens is 1. The molecule has 2 rings (SSSR count). The van der Waals surface area contributed by atoms with Crippen LogP contribution >= 0.6 is 15.9 Å². The van der Waals surface area contributed by atoms with Crippen LogP contribution in [0.2, 0.25) is 0 Å². The first-order valence-electron chi connectivity index (χ1n) is 7.09. The van der Waals surface area contributed by atoms with E-state index in [0.29, 0.717) is 6.61 Å². The van der Waals surface area contributed by atoms with Crippen LogP contribution < -0.4 is 5.32 Å². The summed E-state index contributed by atoms with van der Waals surface area (Å²) in [7, 11) is 0. The lowest BCUT2D eigenvalue weighted by molar-refractivity contribution is -0.149. The van der Waals surface area contributed by atoms with Crippen molar-refractivity contribution in [3.05, 3.63) is 34.3 Å². The van der Waals surface area contributed by atoms with E-state index in [2.05, 4.69) is 26.1 Å². The smallest absolute Gasteiger partial charge is 0.328 e. The van der Waals surface area contributed by atoms with Crippen molar-refractivity contribution in [2.75, 3.05) is 32.8 Å². The molecule has 1 heterocycles. The van der Waals surface area contributed by atoms with Crippen LogP contribution in [0.25, 0.3) is 0 Å². The lowest BCUT2D eigenvalue weighted by Gasteiger charge is -2.29. The Hall–Kier alpha value is -0.910. The van der Waals surface area contributed by atoms with Crippen LogP contribution in [0.15, 0.2) is 28.7 Å². The SMILES string of the molecule is CCOC(=O)C(c1cccc(Br)c1)N1CCCNCC1. The van der Waals surface area contributed by atoms with Gasteiger partial charge in [0.05, 0.1) is 6.61 Å². The molecule has 0 spiro atoms. The molecule has 1 fully saturated rings. The van der Waals surface area contributed by atoms with Crippen LogP contribution in [0.4, 0.5) is 0 Å². The van der Waals surface area contributed by atoms with Crippen molar-refractivity contribution in [3.8, 4) is 0 Å². The first-order valence-corrected chi connectivity index (χ1v) is 7.88. The van der Waals surface area contributed by atoms with E-state index in [1.165, 1.54) is 0 Å². The second-order valence-electron chi connectivity index (χ2n) is 4.85. The summed E-state index contributed by atoms with van der Waals surface area (Å²) in [6.07, 6.45) is 1.05. The minimum absolute atomic E-state index is 0.160. The minimum Gasteiger partial charge on any atom is -0.465 e. The number of rotatable bonds is 4. The van der Waals surface area contributed by atoms with E-state index in [9.17, 15) is 4.79 Å². The molecule has 0 aromatic heterocycles. The van der Waals surface area contributed by atoms with E-state index in [1.54, 1.807) is 0 Å². The van der Waals surface area contributed by atoms with Crippen molar-refractivity contribution < 1.29 is 9.53 Å². The zero-order valence-electron chi connectivity index (χ0n) is 11.8. The van der Waals surface area contributed by atoms with Crippen molar-refractivity contribution in [2.45, 2.75) is 19.4 Å². The standard InChI is InChI=1S/C15H21BrN2O2/c1-2-20-15(19)14(12-5-3-6-13(16)11-12)18-9-4-7-17-8-10-18/h3,5-6,11,14,17H,2,4,7-10H2,1H3. The molecule has 20 heavy (non-hydrogen) atoms. The summed E-state index contributed by atoms with van der Waals surface area (Å²) in [5.74, 6) is -0.160. The first kappa shape index (κ1) is 15.5. The second kappa shape index (κ2) is 7.76. The fraction of sp³-hybridized carbons (Fsp3) is 0.533. The summed E-state index contributed by atoms with van der Waals surface area (Å²) in [6.45, 7) is 5.93. The van der Waals surface area contributed by atoms with Crippen LogP contribution in [-0.2, 0) is 9.53 Å². The molecule has 0 amide bonds. The molecule has 1 aliphatic rings. The van der Waals surface area contributed by atoms with Crippen LogP contribution in [0.3, 0.4) is 0 Å². The normalized spacial score (nSPS) is 18.3. The number of carbonyl (C=O) groups is 1. The molecule has 1 aromatic rings. The highest BCUT2D eigenvalue weighted by molar-refractivity contribution is 9.10.